The van der Waals surface area contributed by atoms with Crippen LogP contribution in [-0.2, 0) is 9.59 Å². The van der Waals surface area contributed by atoms with Gasteiger partial charge in [-0.05, 0) is 60.9 Å². The third-order valence-corrected chi connectivity index (χ3v) is 9.11. The molecule has 7 rings (SSSR count). The number of hydrogen-bond acceptors (Lipinski definition) is 5. The number of rotatable bonds is 9. The molecular formula is C32H35F2IN4O4. The molecule has 2 amide bonds. The van der Waals surface area contributed by atoms with Gasteiger partial charge in [0.1, 0.15) is 17.4 Å². The van der Waals surface area contributed by atoms with E-state index in [1.165, 1.54) is 59.5 Å². The van der Waals surface area contributed by atoms with E-state index in [1.54, 1.807) is 12.1 Å². The maximum absolute atomic E-state index is 13.6. The molecule has 0 aromatic heterocycles. The molecule has 43 heavy (non-hydrogen) atoms. The number of benzene rings is 3. The minimum Gasteiger partial charge on any atom is -1.00 e. The van der Waals surface area contributed by atoms with Gasteiger partial charge in [-0.3, -0.25) is 14.5 Å². The molecule has 4 fully saturated rings. The van der Waals surface area contributed by atoms with Gasteiger partial charge in [0.25, 0.3) is 5.91 Å². The van der Waals surface area contributed by atoms with E-state index >= 15 is 0 Å². The van der Waals surface area contributed by atoms with Crippen LogP contribution in [0.15, 0.2) is 66.7 Å². The van der Waals surface area contributed by atoms with Crippen LogP contribution in [0.1, 0.15) is 36.1 Å². The highest BCUT2D eigenvalue weighted by molar-refractivity contribution is 6.03. The SMILES string of the molecule is O=C(C[N+]12CCN(CC1)CC2)Nc1ccc(C2C(CCC(O)c3ccc(F)cc3)C(=O)N2c2ccc(F)cc2)c(O)c1.[I-]. The van der Waals surface area contributed by atoms with Gasteiger partial charge in [0, 0.05) is 42.6 Å². The van der Waals surface area contributed by atoms with Crippen LogP contribution in [0, 0.1) is 17.6 Å². The number of aliphatic hydroxyl groups excluding tert-OH is 1. The van der Waals surface area contributed by atoms with Gasteiger partial charge in [-0.25, -0.2) is 8.78 Å². The van der Waals surface area contributed by atoms with E-state index in [0.29, 0.717) is 35.5 Å². The number of aliphatic hydroxyl groups is 1. The van der Waals surface area contributed by atoms with Crippen LogP contribution in [0.3, 0.4) is 0 Å². The van der Waals surface area contributed by atoms with Crippen LogP contribution < -0.4 is 34.2 Å². The second-order valence-corrected chi connectivity index (χ2v) is 11.7. The quantitative estimate of drug-likeness (QED) is 0.176. The molecule has 4 saturated heterocycles. The van der Waals surface area contributed by atoms with Crippen LogP contribution in [0.5, 0.6) is 5.75 Å². The topological polar surface area (TPSA) is 93.1 Å². The van der Waals surface area contributed by atoms with E-state index in [0.717, 1.165) is 43.8 Å². The molecule has 0 saturated carbocycles. The average Bonchev–Trinajstić information content (AvgIpc) is 2.98. The summed E-state index contributed by atoms with van der Waals surface area (Å²) >= 11 is 0. The molecule has 8 nitrogen and oxygen atoms in total. The van der Waals surface area contributed by atoms with E-state index in [2.05, 4.69) is 10.2 Å². The highest BCUT2D eigenvalue weighted by atomic mass is 127. The Morgan fingerprint density at radius 2 is 1.56 bits per heavy atom. The number of phenols is 1. The van der Waals surface area contributed by atoms with Crippen molar-refractivity contribution in [3.8, 4) is 5.75 Å². The van der Waals surface area contributed by atoms with Crippen LogP contribution >= 0.6 is 0 Å². The Morgan fingerprint density at radius 1 is 0.953 bits per heavy atom. The van der Waals surface area contributed by atoms with Crippen molar-refractivity contribution in [1.29, 1.82) is 0 Å². The summed E-state index contributed by atoms with van der Waals surface area (Å²) in [6.45, 7) is 6.31. The van der Waals surface area contributed by atoms with Crippen molar-refractivity contribution >= 4 is 23.2 Å². The molecule has 11 heteroatoms. The summed E-state index contributed by atoms with van der Waals surface area (Å²) in [6.07, 6.45) is -0.322. The molecule has 0 aliphatic carbocycles. The summed E-state index contributed by atoms with van der Waals surface area (Å²) in [4.78, 5) is 30.3. The van der Waals surface area contributed by atoms with Crippen LogP contribution in [0.4, 0.5) is 20.2 Å². The Kier molecular flexibility index (Phi) is 9.35. The van der Waals surface area contributed by atoms with Gasteiger partial charge in [0.15, 0.2) is 6.54 Å². The predicted octanol–water partition coefficient (Wildman–Crippen LogP) is 0.977. The van der Waals surface area contributed by atoms with Crippen LogP contribution in [-0.4, -0.2) is 77.2 Å². The minimum atomic E-state index is -0.889. The van der Waals surface area contributed by atoms with Gasteiger partial charge in [-0.2, -0.15) is 0 Å². The minimum absolute atomic E-state index is 0. The number of nitrogens with one attached hydrogen (secondary N) is 1. The first-order chi connectivity index (χ1) is 20.2. The normalized spacial score (nSPS) is 25.0. The number of fused-ring (bicyclic) bond motifs is 3. The molecule has 2 bridgehead atoms. The number of hydrogen-bond donors (Lipinski definition) is 3. The first-order valence-corrected chi connectivity index (χ1v) is 14.4. The lowest BCUT2D eigenvalue weighted by Crippen LogP contribution is -3.00. The fourth-order valence-corrected chi connectivity index (χ4v) is 6.61. The fraction of sp³-hybridized carbons (Fsp3) is 0.375. The third-order valence-electron chi connectivity index (χ3n) is 9.11. The average molecular weight is 705 g/mol. The van der Waals surface area contributed by atoms with Crippen molar-refractivity contribution in [3.05, 3.63) is 89.5 Å². The summed E-state index contributed by atoms with van der Waals surface area (Å²) in [7, 11) is 0. The lowest BCUT2D eigenvalue weighted by molar-refractivity contribution is -0.933. The number of halogens is 3. The van der Waals surface area contributed by atoms with E-state index in [4.69, 9.17) is 0 Å². The molecule has 3 aromatic carbocycles. The second-order valence-electron chi connectivity index (χ2n) is 11.7. The lowest BCUT2D eigenvalue weighted by atomic mass is 9.78. The molecule has 3 aromatic rings. The predicted molar refractivity (Wildman–Crippen MR) is 154 cm³/mol. The number of carbonyl (C=O) groups is 2. The van der Waals surface area contributed by atoms with E-state index < -0.39 is 29.7 Å². The molecule has 3 N–H and O–H groups in total. The maximum Gasteiger partial charge on any atom is 0.279 e. The largest absolute Gasteiger partial charge is 1.00 e. The number of anilines is 2. The number of carbonyl (C=O) groups excluding carboxylic acids is 2. The first-order valence-electron chi connectivity index (χ1n) is 14.4. The van der Waals surface area contributed by atoms with Gasteiger partial charge >= 0.3 is 0 Å². The van der Waals surface area contributed by atoms with Crippen LogP contribution in [0.25, 0.3) is 0 Å². The fourth-order valence-electron chi connectivity index (χ4n) is 6.61. The Hall–Kier alpha value is -3.13. The molecule has 3 atom stereocenters. The monoisotopic (exact) mass is 704 g/mol. The molecule has 4 aliphatic rings. The molecule has 228 valence electrons. The zero-order valence-corrected chi connectivity index (χ0v) is 25.8. The number of quaternary nitrogens is 1. The first kappa shape index (κ1) is 31.3. The molecule has 4 aliphatic heterocycles. The van der Waals surface area contributed by atoms with Gasteiger partial charge in [-0.15, -0.1) is 0 Å². The molecular weight excluding hydrogens is 669 g/mol. The Morgan fingerprint density at radius 3 is 2.16 bits per heavy atom. The smallest absolute Gasteiger partial charge is 0.279 e. The van der Waals surface area contributed by atoms with E-state index in [-0.39, 0.29) is 48.0 Å². The van der Waals surface area contributed by atoms with Crippen molar-refractivity contribution in [2.75, 3.05) is 56.0 Å². The Balaban J connectivity index is 0.00000368. The Bertz CT molecular complexity index is 1450. The van der Waals surface area contributed by atoms with Crippen molar-refractivity contribution in [2.45, 2.75) is 25.0 Å². The zero-order chi connectivity index (χ0) is 29.4. The number of phenolic OH excluding ortho intramolecular Hbond substituents is 1. The van der Waals surface area contributed by atoms with Gasteiger partial charge in [-0.1, -0.05) is 18.2 Å². The summed E-state index contributed by atoms with van der Waals surface area (Å²) in [5.41, 5.74) is 2.01. The standard InChI is InChI=1S/C32H34F2N4O4.HI/c33-22-3-1-21(2-4-22)28(39)12-11-27-31(37(32(27)42)25-8-5-23(34)6-9-25)26-10-7-24(19-29(26)40)35-30(41)20-38-16-13-36(14-17-38)15-18-38;/h1-10,19,27-28,31,39H,11-18,20H2,(H-,35,40,41);1H. The Labute approximate surface area is 266 Å². The van der Waals surface area contributed by atoms with Crippen molar-refractivity contribution in [3.63, 3.8) is 0 Å². The van der Waals surface area contributed by atoms with Crippen molar-refractivity contribution in [2.24, 2.45) is 5.92 Å². The van der Waals surface area contributed by atoms with Gasteiger partial charge < -0.3 is 48.9 Å². The summed E-state index contributed by atoms with van der Waals surface area (Å²) in [5.74, 6) is -1.75. The number of piperazine rings is 3. The molecule has 0 spiro atoms. The number of aromatic hydroxyl groups is 1. The summed E-state index contributed by atoms with van der Waals surface area (Å²) in [5, 5.41) is 24.7. The van der Waals surface area contributed by atoms with Crippen LogP contribution in [0.2, 0.25) is 0 Å². The number of nitrogens with zero attached hydrogens (tertiary/aromatic N) is 3. The molecule has 0 radical (unpaired) electrons. The molecule has 3 unspecified atom stereocenters. The highest BCUT2D eigenvalue weighted by Crippen LogP contribution is 2.49. The third kappa shape index (κ3) is 6.54. The van der Waals surface area contributed by atoms with Gasteiger partial charge in [0.05, 0.1) is 37.7 Å². The van der Waals surface area contributed by atoms with Crippen molar-refractivity contribution < 1.29 is 57.0 Å². The second kappa shape index (κ2) is 12.8. The summed E-state index contributed by atoms with van der Waals surface area (Å²) < 4.78 is 27.7. The van der Waals surface area contributed by atoms with E-state index in [1.807, 2.05) is 0 Å². The van der Waals surface area contributed by atoms with Crippen molar-refractivity contribution in [1.82, 2.24) is 4.90 Å². The zero-order valence-electron chi connectivity index (χ0n) is 23.6. The highest BCUT2D eigenvalue weighted by Gasteiger charge is 2.49. The lowest BCUT2D eigenvalue weighted by Gasteiger charge is -2.50. The van der Waals surface area contributed by atoms with E-state index in [9.17, 15) is 28.6 Å². The maximum atomic E-state index is 13.6. The summed E-state index contributed by atoms with van der Waals surface area (Å²) in [6, 6.07) is 15.5. The number of amides is 2. The van der Waals surface area contributed by atoms with Gasteiger partial charge in [0.2, 0.25) is 5.91 Å². The molecule has 4 heterocycles. The number of β-lactam (4-membered cyclic amide) rings is 1.